The zero-order valence-corrected chi connectivity index (χ0v) is 15.1. The van der Waals surface area contributed by atoms with Crippen molar-refractivity contribution in [2.24, 2.45) is 5.92 Å². The standard InChI is InChI=1S/C20H22N2O5/c1-25-20(24)16-4-2-3-5-17(16)22-19(23)15-6-7-18(21-12-15)27-13-14-8-10-26-11-9-14/h2-7,12,14H,8-11,13H2,1H3,(H,22,23). The highest BCUT2D eigenvalue weighted by molar-refractivity contribution is 6.07. The average molecular weight is 370 g/mol. The zero-order chi connectivity index (χ0) is 19.1. The monoisotopic (exact) mass is 370 g/mol. The minimum Gasteiger partial charge on any atom is -0.477 e. The smallest absolute Gasteiger partial charge is 0.339 e. The number of carbonyl (C=O) groups is 2. The molecule has 1 aliphatic rings. The Morgan fingerprint density at radius 1 is 1.19 bits per heavy atom. The summed E-state index contributed by atoms with van der Waals surface area (Å²) in [5, 5.41) is 2.71. The van der Waals surface area contributed by atoms with E-state index in [-0.39, 0.29) is 11.5 Å². The predicted octanol–water partition coefficient (Wildman–Crippen LogP) is 2.93. The summed E-state index contributed by atoms with van der Waals surface area (Å²) in [6, 6.07) is 9.97. The van der Waals surface area contributed by atoms with Crippen molar-refractivity contribution in [3.63, 3.8) is 0 Å². The van der Waals surface area contributed by atoms with E-state index >= 15 is 0 Å². The van der Waals surface area contributed by atoms with Gasteiger partial charge >= 0.3 is 5.97 Å². The SMILES string of the molecule is COC(=O)c1ccccc1NC(=O)c1ccc(OCC2CCOCC2)nc1. The number of para-hydroxylation sites is 1. The average Bonchev–Trinajstić information content (AvgIpc) is 2.73. The third-order valence-electron chi connectivity index (χ3n) is 4.39. The van der Waals surface area contributed by atoms with Crippen molar-refractivity contribution in [3.8, 4) is 5.88 Å². The van der Waals surface area contributed by atoms with Gasteiger partial charge in [0.25, 0.3) is 5.91 Å². The lowest BCUT2D eigenvalue weighted by molar-refractivity contribution is 0.0490. The summed E-state index contributed by atoms with van der Waals surface area (Å²) < 4.78 is 15.8. The van der Waals surface area contributed by atoms with E-state index in [1.54, 1.807) is 36.4 Å². The number of rotatable bonds is 6. The van der Waals surface area contributed by atoms with Gasteiger partial charge < -0.3 is 19.5 Å². The normalized spacial score (nSPS) is 14.4. The summed E-state index contributed by atoms with van der Waals surface area (Å²) in [6.07, 6.45) is 3.43. The van der Waals surface area contributed by atoms with Crippen molar-refractivity contribution in [3.05, 3.63) is 53.7 Å². The molecule has 0 bridgehead atoms. The van der Waals surface area contributed by atoms with Crippen LogP contribution in [0.5, 0.6) is 5.88 Å². The van der Waals surface area contributed by atoms with Gasteiger partial charge in [0.15, 0.2) is 0 Å². The molecule has 1 N–H and O–H groups in total. The van der Waals surface area contributed by atoms with E-state index < -0.39 is 5.97 Å². The number of benzene rings is 1. The molecule has 1 aliphatic heterocycles. The Morgan fingerprint density at radius 2 is 1.96 bits per heavy atom. The Morgan fingerprint density at radius 3 is 2.67 bits per heavy atom. The van der Waals surface area contributed by atoms with Gasteiger partial charge in [-0.2, -0.15) is 0 Å². The molecule has 0 saturated carbocycles. The molecule has 7 heteroatoms. The number of carbonyl (C=O) groups excluding carboxylic acids is 2. The molecule has 0 aliphatic carbocycles. The molecule has 1 fully saturated rings. The topological polar surface area (TPSA) is 86.8 Å². The van der Waals surface area contributed by atoms with Gasteiger partial charge in [-0.3, -0.25) is 4.79 Å². The van der Waals surface area contributed by atoms with Crippen LogP contribution in [0.4, 0.5) is 5.69 Å². The van der Waals surface area contributed by atoms with Gasteiger partial charge in [-0.25, -0.2) is 9.78 Å². The molecule has 1 amide bonds. The van der Waals surface area contributed by atoms with Gasteiger partial charge in [-0.15, -0.1) is 0 Å². The van der Waals surface area contributed by atoms with Crippen LogP contribution in [0, 0.1) is 5.92 Å². The van der Waals surface area contributed by atoms with Gasteiger partial charge in [0.05, 0.1) is 30.5 Å². The van der Waals surface area contributed by atoms with E-state index in [9.17, 15) is 9.59 Å². The van der Waals surface area contributed by atoms with E-state index in [0.717, 1.165) is 26.1 Å². The molecule has 3 rings (SSSR count). The second-order valence-electron chi connectivity index (χ2n) is 6.24. The minimum absolute atomic E-state index is 0.290. The zero-order valence-electron chi connectivity index (χ0n) is 15.1. The van der Waals surface area contributed by atoms with Crippen molar-refractivity contribution >= 4 is 17.6 Å². The predicted molar refractivity (Wildman–Crippen MR) is 99.0 cm³/mol. The molecular formula is C20H22N2O5. The van der Waals surface area contributed by atoms with Gasteiger partial charge in [-0.05, 0) is 37.0 Å². The number of aromatic nitrogens is 1. The quantitative estimate of drug-likeness (QED) is 0.787. The first kappa shape index (κ1) is 18.8. The number of esters is 1. The van der Waals surface area contributed by atoms with Crippen LogP contribution in [0.15, 0.2) is 42.6 Å². The first-order chi connectivity index (χ1) is 13.2. The van der Waals surface area contributed by atoms with Crippen LogP contribution in [0.25, 0.3) is 0 Å². The van der Waals surface area contributed by atoms with Gasteiger partial charge in [-0.1, -0.05) is 12.1 Å². The maximum Gasteiger partial charge on any atom is 0.339 e. The Kier molecular flexibility index (Phi) is 6.38. The second-order valence-corrected chi connectivity index (χ2v) is 6.24. The lowest BCUT2D eigenvalue weighted by atomic mass is 10.0. The number of anilines is 1. The number of ether oxygens (including phenoxy) is 3. The molecule has 0 radical (unpaired) electrons. The number of amides is 1. The maximum absolute atomic E-state index is 12.4. The molecule has 2 aromatic rings. The molecule has 0 unspecified atom stereocenters. The van der Waals surface area contributed by atoms with Crippen LogP contribution in [0.2, 0.25) is 0 Å². The Hall–Kier alpha value is -2.93. The molecule has 0 spiro atoms. The number of hydrogen-bond donors (Lipinski definition) is 1. The van der Waals surface area contributed by atoms with E-state index in [0.29, 0.717) is 29.7 Å². The molecule has 1 aromatic carbocycles. The van der Waals surface area contributed by atoms with Crippen molar-refractivity contribution in [2.75, 3.05) is 32.2 Å². The van der Waals surface area contributed by atoms with Crippen molar-refractivity contribution < 1.29 is 23.8 Å². The van der Waals surface area contributed by atoms with E-state index in [1.807, 2.05) is 0 Å². The first-order valence-electron chi connectivity index (χ1n) is 8.82. The lowest BCUT2D eigenvalue weighted by Crippen LogP contribution is -2.21. The van der Waals surface area contributed by atoms with E-state index in [4.69, 9.17) is 14.2 Å². The largest absolute Gasteiger partial charge is 0.477 e. The second kappa shape index (κ2) is 9.14. The molecule has 27 heavy (non-hydrogen) atoms. The summed E-state index contributed by atoms with van der Waals surface area (Å²) in [5.41, 5.74) is 1.04. The summed E-state index contributed by atoms with van der Waals surface area (Å²) >= 11 is 0. The number of hydrogen-bond acceptors (Lipinski definition) is 6. The number of pyridine rings is 1. The third kappa shape index (κ3) is 5.04. The molecule has 2 heterocycles. The minimum atomic E-state index is -0.513. The van der Waals surface area contributed by atoms with Crippen LogP contribution in [-0.2, 0) is 9.47 Å². The fourth-order valence-corrected chi connectivity index (χ4v) is 2.79. The van der Waals surface area contributed by atoms with Crippen LogP contribution in [0.1, 0.15) is 33.6 Å². The van der Waals surface area contributed by atoms with Crippen molar-refractivity contribution in [1.82, 2.24) is 4.98 Å². The molecule has 142 valence electrons. The fraction of sp³-hybridized carbons (Fsp3) is 0.350. The molecule has 1 saturated heterocycles. The Labute approximate surface area is 157 Å². The highest BCUT2D eigenvalue weighted by Crippen LogP contribution is 2.19. The maximum atomic E-state index is 12.4. The van der Waals surface area contributed by atoms with E-state index in [1.165, 1.54) is 13.3 Å². The first-order valence-corrected chi connectivity index (χ1v) is 8.82. The molecule has 0 atom stereocenters. The highest BCUT2D eigenvalue weighted by Gasteiger charge is 2.16. The van der Waals surface area contributed by atoms with Crippen LogP contribution >= 0.6 is 0 Å². The van der Waals surface area contributed by atoms with Gasteiger partial charge in [0.2, 0.25) is 5.88 Å². The van der Waals surface area contributed by atoms with Crippen LogP contribution in [-0.4, -0.2) is 43.8 Å². The number of nitrogens with one attached hydrogen (secondary N) is 1. The van der Waals surface area contributed by atoms with Crippen molar-refractivity contribution in [2.45, 2.75) is 12.8 Å². The van der Waals surface area contributed by atoms with Crippen LogP contribution < -0.4 is 10.1 Å². The summed E-state index contributed by atoms with van der Waals surface area (Å²) in [6.45, 7) is 2.13. The van der Waals surface area contributed by atoms with Gasteiger partial charge in [0.1, 0.15) is 0 Å². The lowest BCUT2D eigenvalue weighted by Gasteiger charge is -2.21. The summed E-state index contributed by atoms with van der Waals surface area (Å²) in [5.74, 6) is 0.0714. The summed E-state index contributed by atoms with van der Waals surface area (Å²) in [7, 11) is 1.30. The molecule has 1 aromatic heterocycles. The van der Waals surface area contributed by atoms with Crippen LogP contribution in [0.3, 0.4) is 0 Å². The fourth-order valence-electron chi connectivity index (χ4n) is 2.79. The molecular weight excluding hydrogens is 348 g/mol. The number of methoxy groups -OCH3 is 1. The van der Waals surface area contributed by atoms with Gasteiger partial charge in [0, 0.05) is 25.5 Å². The Balaban J connectivity index is 1.60. The Bertz CT molecular complexity index is 785. The van der Waals surface area contributed by atoms with E-state index in [2.05, 4.69) is 10.3 Å². The highest BCUT2D eigenvalue weighted by atomic mass is 16.5. The third-order valence-corrected chi connectivity index (χ3v) is 4.39. The molecule has 7 nitrogen and oxygen atoms in total. The number of nitrogens with zero attached hydrogens (tertiary/aromatic N) is 1. The summed E-state index contributed by atoms with van der Waals surface area (Å²) in [4.78, 5) is 28.4. The van der Waals surface area contributed by atoms with Crippen molar-refractivity contribution in [1.29, 1.82) is 0 Å².